The zero-order valence-electron chi connectivity index (χ0n) is 17.3. The fourth-order valence-corrected chi connectivity index (χ4v) is 4.73. The molecule has 29 heavy (non-hydrogen) atoms. The molecule has 3 fully saturated rings. The van der Waals surface area contributed by atoms with Crippen LogP contribution in [0.25, 0.3) is 0 Å². The summed E-state index contributed by atoms with van der Waals surface area (Å²) >= 11 is 0. The second kappa shape index (κ2) is 12.1. The van der Waals surface area contributed by atoms with Gasteiger partial charge in [0.25, 0.3) is 0 Å². The van der Waals surface area contributed by atoms with Gasteiger partial charge in [0.1, 0.15) is 12.4 Å². The van der Waals surface area contributed by atoms with Gasteiger partial charge in [-0.2, -0.15) is 0 Å². The third-order valence-electron chi connectivity index (χ3n) is 6.33. The van der Waals surface area contributed by atoms with Crippen LogP contribution >= 0.6 is 12.4 Å². The van der Waals surface area contributed by atoms with Crippen molar-refractivity contribution in [2.45, 2.75) is 37.9 Å². The van der Waals surface area contributed by atoms with Crippen molar-refractivity contribution in [1.82, 2.24) is 15.5 Å². The Morgan fingerprint density at radius 1 is 1.10 bits per heavy atom. The first-order valence-electron chi connectivity index (χ1n) is 11.0. The van der Waals surface area contributed by atoms with E-state index in [9.17, 15) is 0 Å². The molecular weight excluding hydrogens is 390 g/mol. The topological polar surface area (TPSA) is 55.0 Å². The van der Waals surface area contributed by atoms with Gasteiger partial charge >= 0.3 is 0 Å². The van der Waals surface area contributed by atoms with Crippen LogP contribution in [0, 0.1) is 5.92 Å². The fourth-order valence-electron chi connectivity index (χ4n) is 4.73. The number of benzene rings is 1. The number of nitrogens with zero attached hydrogens (tertiary/aromatic N) is 1. The smallest absolute Gasteiger partial charge is 0.123 e. The van der Waals surface area contributed by atoms with Gasteiger partial charge < -0.3 is 24.8 Å². The van der Waals surface area contributed by atoms with Crippen molar-refractivity contribution >= 4 is 12.4 Å². The van der Waals surface area contributed by atoms with Crippen molar-refractivity contribution in [3.05, 3.63) is 29.8 Å². The maximum atomic E-state index is 6.14. The molecule has 1 saturated carbocycles. The highest BCUT2D eigenvalue weighted by atomic mass is 35.5. The molecule has 164 valence electrons. The Hall–Kier alpha value is -0.890. The van der Waals surface area contributed by atoms with Crippen LogP contribution in [-0.2, 0) is 16.0 Å². The predicted molar refractivity (Wildman–Crippen MR) is 117 cm³/mol. The minimum Gasteiger partial charge on any atom is -0.492 e. The summed E-state index contributed by atoms with van der Waals surface area (Å²) in [5.74, 6) is 1.67. The monoisotopic (exact) mass is 425 g/mol. The first kappa shape index (κ1) is 22.8. The zero-order chi connectivity index (χ0) is 19.0. The fraction of sp³-hybridized carbons (Fsp3) is 0.727. The summed E-state index contributed by atoms with van der Waals surface area (Å²) in [5.41, 5.74) is 1.25. The molecule has 0 bridgehead atoms. The van der Waals surface area contributed by atoms with Crippen LogP contribution in [0.1, 0.15) is 24.8 Å². The average Bonchev–Trinajstić information content (AvgIpc) is 3.23. The van der Waals surface area contributed by atoms with Crippen LogP contribution in [0.15, 0.2) is 24.3 Å². The SMILES string of the molecule is Cl.c1ccc(OCCN2CCOCC2)c(CNC2CCCC2C2COCCN2)c1. The molecule has 7 heteroatoms. The second-order valence-electron chi connectivity index (χ2n) is 8.13. The predicted octanol–water partition coefficient (Wildman–Crippen LogP) is 2.07. The molecule has 3 unspecified atom stereocenters. The van der Waals surface area contributed by atoms with Gasteiger partial charge in [-0.25, -0.2) is 0 Å². The van der Waals surface area contributed by atoms with Crippen molar-refractivity contribution in [3.8, 4) is 5.75 Å². The molecule has 1 aliphatic carbocycles. The molecule has 0 amide bonds. The van der Waals surface area contributed by atoms with Crippen molar-refractivity contribution in [3.63, 3.8) is 0 Å². The highest BCUT2D eigenvalue weighted by Gasteiger charge is 2.34. The average molecular weight is 426 g/mol. The molecule has 2 heterocycles. The quantitative estimate of drug-likeness (QED) is 0.665. The van der Waals surface area contributed by atoms with Crippen LogP contribution in [0.4, 0.5) is 0 Å². The first-order chi connectivity index (χ1) is 13.9. The standard InChI is InChI=1S/C22H35N3O3.ClH/c1-2-7-22(28-15-11-25-9-13-26-14-10-25)18(4-1)16-24-20-6-3-5-19(20)21-17-27-12-8-23-21;/h1-2,4,7,19-21,23-24H,3,5-6,8-17H2;1H. The maximum absolute atomic E-state index is 6.14. The molecule has 0 spiro atoms. The molecule has 1 aromatic carbocycles. The Morgan fingerprint density at radius 3 is 2.79 bits per heavy atom. The Balaban J connectivity index is 0.00000240. The first-order valence-corrected chi connectivity index (χ1v) is 11.0. The van der Waals surface area contributed by atoms with Crippen LogP contribution in [-0.4, -0.2) is 76.2 Å². The van der Waals surface area contributed by atoms with E-state index in [2.05, 4.69) is 39.8 Å². The largest absolute Gasteiger partial charge is 0.492 e. The summed E-state index contributed by atoms with van der Waals surface area (Å²) in [7, 11) is 0. The molecule has 2 aliphatic heterocycles. The van der Waals surface area contributed by atoms with E-state index in [1.807, 2.05) is 0 Å². The lowest BCUT2D eigenvalue weighted by Gasteiger charge is -2.33. The van der Waals surface area contributed by atoms with Crippen LogP contribution in [0.3, 0.4) is 0 Å². The summed E-state index contributed by atoms with van der Waals surface area (Å²) in [6, 6.07) is 9.50. The number of hydrogen-bond donors (Lipinski definition) is 2. The Labute approximate surface area is 181 Å². The summed E-state index contributed by atoms with van der Waals surface area (Å²) in [6.45, 7) is 8.92. The van der Waals surface area contributed by atoms with E-state index in [1.54, 1.807) is 0 Å². The van der Waals surface area contributed by atoms with Crippen molar-refractivity contribution in [1.29, 1.82) is 0 Å². The Morgan fingerprint density at radius 2 is 1.97 bits per heavy atom. The summed E-state index contributed by atoms with van der Waals surface area (Å²) in [6.07, 6.45) is 3.84. The molecule has 0 aromatic heterocycles. The van der Waals surface area contributed by atoms with Crippen LogP contribution < -0.4 is 15.4 Å². The zero-order valence-corrected chi connectivity index (χ0v) is 18.1. The molecule has 3 aliphatic rings. The van der Waals surface area contributed by atoms with E-state index in [0.29, 0.717) is 18.0 Å². The molecule has 4 rings (SSSR count). The number of rotatable bonds is 8. The van der Waals surface area contributed by atoms with Gasteiger partial charge in [-0.3, -0.25) is 4.90 Å². The third-order valence-corrected chi connectivity index (χ3v) is 6.33. The minimum atomic E-state index is 0. The van der Waals surface area contributed by atoms with E-state index >= 15 is 0 Å². The second-order valence-corrected chi connectivity index (χ2v) is 8.13. The molecule has 1 aromatic rings. The number of hydrogen-bond acceptors (Lipinski definition) is 6. The normalized spacial score (nSPS) is 28.1. The number of ether oxygens (including phenoxy) is 3. The van der Waals surface area contributed by atoms with Gasteiger partial charge in [0.2, 0.25) is 0 Å². The number of nitrogens with one attached hydrogen (secondary N) is 2. The highest BCUT2D eigenvalue weighted by molar-refractivity contribution is 5.85. The van der Waals surface area contributed by atoms with Crippen molar-refractivity contribution < 1.29 is 14.2 Å². The van der Waals surface area contributed by atoms with E-state index in [-0.39, 0.29) is 12.4 Å². The lowest BCUT2D eigenvalue weighted by atomic mass is 9.94. The van der Waals surface area contributed by atoms with Gasteiger partial charge in [0.05, 0.1) is 26.4 Å². The minimum absolute atomic E-state index is 0. The molecule has 2 saturated heterocycles. The molecule has 0 radical (unpaired) electrons. The van der Waals surface area contributed by atoms with E-state index in [1.165, 1.54) is 24.8 Å². The number of morpholine rings is 2. The van der Waals surface area contributed by atoms with Gasteiger partial charge in [-0.1, -0.05) is 24.6 Å². The molecule has 2 N–H and O–H groups in total. The van der Waals surface area contributed by atoms with E-state index in [0.717, 1.165) is 71.5 Å². The summed E-state index contributed by atoms with van der Waals surface area (Å²) in [5, 5.41) is 7.48. The van der Waals surface area contributed by atoms with Gasteiger partial charge in [-0.15, -0.1) is 12.4 Å². The van der Waals surface area contributed by atoms with Gasteiger partial charge in [-0.05, 0) is 24.8 Å². The van der Waals surface area contributed by atoms with Crippen LogP contribution in [0.5, 0.6) is 5.75 Å². The molecular formula is C22H36ClN3O3. The summed E-state index contributed by atoms with van der Waals surface area (Å²) < 4.78 is 17.3. The van der Waals surface area contributed by atoms with Gasteiger partial charge in [0, 0.05) is 50.4 Å². The van der Waals surface area contributed by atoms with E-state index in [4.69, 9.17) is 14.2 Å². The Bertz CT molecular complexity index is 594. The third kappa shape index (κ3) is 6.54. The van der Waals surface area contributed by atoms with Crippen molar-refractivity contribution in [2.24, 2.45) is 5.92 Å². The highest BCUT2D eigenvalue weighted by Crippen LogP contribution is 2.30. The lowest BCUT2D eigenvalue weighted by Crippen LogP contribution is -2.50. The maximum Gasteiger partial charge on any atom is 0.123 e. The number of halogens is 1. The molecule has 3 atom stereocenters. The number of para-hydroxylation sites is 1. The lowest BCUT2D eigenvalue weighted by molar-refractivity contribution is 0.0322. The molecule has 6 nitrogen and oxygen atoms in total. The van der Waals surface area contributed by atoms with Crippen molar-refractivity contribution in [2.75, 3.05) is 59.2 Å². The van der Waals surface area contributed by atoms with Gasteiger partial charge in [0.15, 0.2) is 0 Å². The van der Waals surface area contributed by atoms with Crippen LogP contribution in [0.2, 0.25) is 0 Å². The summed E-state index contributed by atoms with van der Waals surface area (Å²) in [4.78, 5) is 2.41. The van der Waals surface area contributed by atoms with E-state index < -0.39 is 0 Å². The Kier molecular flexibility index (Phi) is 9.49.